The topological polar surface area (TPSA) is 152 Å². The fraction of sp³-hybridized carbons (Fsp3) is 0.174. The summed E-state index contributed by atoms with van der Waals surface area (Å²) >= 11 is 0. The van der Waals surface area contributed by atoms with E-state index in [0.717, 1.165) is 0 Å². The van der Waals surface area contributed by atoms with Gasteiger partial charge in [-0.3, -0.25) is 19.6 Å². The van der Waals surface area contributed by atoms with Crippen LogP contribution in [0.5, 0.6) is 0 Å². The Morgan fingerprint density at radius 1 is 1.18 bits per heavy atom. The van der Waals surface area contributed by atoms with Gasteiger partial charge in [0.25, 0.3) is 0 Å². The standard InChI is InChI=1S/C23H20N8O2/c1-13(2)31-12-19(18-11-28-23(25)30-22(18)31)21(33)15-5-17(10-26-9-15)29-20(32)6-16-4-3-14(7-24)8-27-16/h3-5,8-13H,6H2,1-2H3,(H,29,32)(H2,25,28,30). The van der Waals surface area contributed by atoms with Crippen LogP contribution >= 0.6 is 0 Å². The Morgan fingerprint density at radius 2 is 2.00 bits per heavy atom. The molecule has 0 bridgehead atoms. The van der Waals surface area contributed by atoms with E-state index in [4.69, 9.17) is 11.0 Å². The highest BCUT2D eigenvalue weighted by Gasteiger charge is 2.20. The van der Waals surface area contributed by atoms with Crippen molar-refractivity contribution >= 4 is 34.4 Å². The second kappa shape index (κ2) is 8.84. The van der Waals surface area contributed by atoms with Crippen LogP contribution in [0.1, 0.15) is 47.1 Å². The largest absolute Gasteiger partial charge is 0.368 e. The third-order valence-electron chi connectivity index (χ3n) is 4.97. The van der Waals surface area contributed by atoms with Crippen LogP contribution in [0.3, 0.4) is 0 Å². The average molecular weight is 440 g/mol. The Morgan fingerprint density at radius 3 is 2.70 bits per heavy atom. The average Bonchev–Trinajstić information content (AvgIpc) is 3.18. The van der Waals surface area contributed by atoms with Gasteiger partial charge in [0.15, 0.2) is 5.78 Å². The maximum atomic E-state index is 13.3. The summed E-state index contributed by atoms with van der Waals surface area (Å²) in [5.41, 5.74) is 8.36. The minimum Gasteiger partial charge on any atom is -0.368 e. The summed E-state index contributed by atoms with van der Waals surface area (Å²) in [7, 11) is 0. The highest BCUT2D eigenvalue weighted by atomic mass is 16.1. The summed E-state index contributed by atoms with van der Waals surface area (Å²) in [5, 5.41) is 12.2. The molecule has 0 aliphatic rings. The van der Waals surface area contributed by atoms with Gasteiger partial charge in [-0.2, -0.15) is 10.2 Å². The molecule has 0 fully saturated rings. The van der Waals surface area contributed by atoms with Gasteiger partial charge in [0.05, 0.1) is 29.4 Å². The van der Waals surface area contributed by atoms with Crippen molar-refractivity contribution in [1.29, 1.82) is 5.26 Å². The van der Waals surface area contributed by atoms with Crippen molar-refractivity contribution in [3.63, 3.8) is 0 Å². The highest BCUT2D eigenvalue weighted by molar-refractivity contribution is 6.16. The first kappa shape index (κ1) is 21.6. The van der Waals surface area contributed by atoms with Crippen LogP contribution in [-0.4, -0.2) is 36.2 Å². The number of nitriles is 1. The molecular weight excluding hydrogens is 420 g/mol. The predicted octanol–water partition coefficient (Wildman–Crippen LogP) is 2.67. The normalized spacial score (nSPS) is 10.8. The third-order valence-corrected chi connectivity index (χ3v) is 4.97. The molecule has 0 atom stereocenters. The molecule has 164 valence electrons. The Labute approximate surface area is 189 Å². The minimum absolute atomic E-state index is 0.0184. The zero-order valence-corrected chi connectivity index (χ0v) is 18.0. The first-order chi connectivity index (χ1) is 15.9. The number of nitrogens with zero attached hydrogens (tertiary/aromatic N) is 6. The molecular formula is C23H20N8O2. The number of carbonyl (C=O) groups is 2. The SMILES string of the molecule is CC(C)n1cc(C(=O)c2cncc(NC(=O)Cc3ccc(C#N)cn3)c2)c2cnc(N)nc21. The van der Waals surface area contributed by atoms with E-state index >= 15 is 0 Å². The molecule has 0 aliphatic carbocycles. The summed E-state index contributed by atoms with van der Waals surface area (Å²) < 4.78 is 1.87. The molecule has 0 radical (unpaired) electrons. The van der Waals surface area contributed by atoms with Crippen molar-refractivity contribution < 1.29 is 9.59 Å². The fourth-order valence-electron chi connectivity index (χ4n) is 3.37. The van der Waals surface area contributed by atoms with Gasteiger partial charge in [0, 0.05) is 47.5 Å². The molecule has 3 N–H and O–H groups in total. The Bertz CT molecular complexity index is 1400. The maximum absolute atomic E-state index is 13.3. The van der Waals surface area contributed by atoms with Gasteiger partial charge in [-0.1, -0.05) is 0 Å². The van der Waals surface area contributed by atoms with E-state index < -0.39 is 0 Å². The summed E-state index contributed by atoms with van der Waals surface area (Å²) in [4.78, 5) is 42.2. The number of nitrogens with two attached hydrogens (primary N) is 1. The molecule has 0 unspecified atom stereocenters. The third kappa shape index (κ3) is 4.52. The zero-order chi connectivity index (χ0) is 23.5. The molecule has 4 aromatic heterocycles. The van der Waals surface area contributed by atoms with Gasteiger partial charge in [-0.25, -0.2) is 4.98 Å². The molecule has 0 aromatic carbocycles. The lowest BCUT2D eigenvalue weighted by Crippen LogP contribution is -2.16. The van der Waals surface area contributed by atoms with E-state index in [9.17, 15) is 9.59 Å². The summed E-state index contributed by atoms with van der Waals surface area (Å²) in [6.45, 7) is 3.96. The number of ketones is 1. The molecule has 4 rings (SSSR count). The van der Waals surface area contributed by atoms with Crippen molar-refractivity contribution in [1.82, 2.24) is 24.5 Å². The second-order valence-electron chi connectivity index (χ2n) is 7.68. The molecule has 10 nitrogen and oxygen atoms in total. The monoisotopic (exact) mass is 440 g/mol. The van der Waals surface area contributed by atoms with Crippen LogP contribution in [0.25, 0.3) is 11.0 Å². The molecule has 0 aliphatic heterocycles. The first-order valence-electron chi connectivity index (χ1n) is 10.1. The van der Waals surface area contributed by atoms with Crippen LogP contribution in [0, 0.1) is 11.3 Å². The van der Waals surface area contributed by atoms with Gasteiger partial charge in [-0.15, -0.1) is 0 Å². The van der Waals surface area contributed by atoms with Crippen LogP contribution < -0.4 is 11.1 Å². The Kier molecular flexibility index (Phi) is 5.78. The van der Waals surface area contributed by atoms with Gasteiger partial charge in [0.2, 0.25) is 11.9 Å². The van der Waals surface area contributed by atoms with Crippen molar-refractivity contribution in [3.05, 3.63) is 71.6 Å². The van der Waals surface area contributed by atoms with E-state index in [0.29, 0.717) is 39.1 Å². The lowest BCUT2D eigenvalue weighted by Gasteiger charge is -2.07. The van der Waals surface area contributed by atoms with Gasteiger partial charge < -0.3 is 15.6 Å². The number of aromatic nitrogens is 5. The molecule has 4 aromatic rings. The summed E-state index contributed by atoms with van der Waals surface area (Å²) in [5.74, 6) is -0.464. The van der Waals surface area contributed by atoms with Crippen LogP contribution in [0.4, 0.5) is 11.6 Å². The maximum Gasteiger partial charge on any atom is 0.230 e. The number of rotatable bonds is 6. The van der Waals surface area contributed by atoms with E-state index in [1.54, 1.807) is 24.4 Å². The highest BCUT2D eigenvalue weighted by Crippen LogP contribution is 2.26. The molecule has 33 heavy (non-hydrogen) atoms. The van der Waals surface area contributed by atoms with Gasteiger partial charge in [-0.05, 0) is 32.0 Å². The van der Waals surface area contributed by atoms with Crippen LogP contribution in [-0.2, 0) is 11.2 Å². The van der Waals surface area contributed by atoms with Gasteiger partial charge in [0.1, 0.15) is 11.7 Å². The number of carbonyl (C=O) groups excluding carboxylic acids is 2. The number of fused-ring (bicyclic) bond motifs is 1. The summed E-state index contributed by atoms with van der Waals surface area (Å²) in [6, 6.07) is 6.82. The number of anilines is 2. The number of amides is 1. The molecule has 0 saturated heterocycles. The van der Waals surface area contributed by atoms with E-state index in [2.05, 4.69) is 25.3 Å². The number of nitrogens with one attached hydrogen (secondary N) is 1. The van der Waals surface area contributed by atoms with Crippen molar-refractivity contribution in [2.24, 2.45) is 0 Å². The van der Waals surface area contributed by atoms with Crippen LogP contribution in [0.15, 0.2) is 49.2 Å². The molecule has 0 saturated carbocycles. The van der Waals surface area contributed by atoms with E-state index in [-0.39, 0.29) is 30.1 Å². The van der Waals surface area contributed by atoms with Crippen molar-refractivity contribution in [2.45, 2.75) is 26.3 Å². The predicted molar refractivity (Wildman–Crippen MR) is 121 cm³/mol. The number of hydrogen-bond donors (Lipinski definition) is 2. The van der Waals surface area contributed by atoms with E-state index in [1.165, 1.54) is 24.8 Å². The Hall–Kier alpha value is -4.65. The molecule has 10 heteroatoms. The molecule has 1 amide bonds. The molecule has 4 heterocycles. The van der Waals surface area contributed by atoms with Crippen LogP contribution in [0.2, 0.25) is 0 Å². The van der Waals surface area contributed by atoms with Gasteiger partial charge >= 0.3 is 0 Å². The Balaban J connectivity index is 1.57. The lowest BCUT2D eigenvalue weighted by atomic mass is 10.1. The van der Waals surface area contributed by atoms with Crippen molar-refractivity contribution in [3.8, 4) is 6.07 Å². The quantitative estimate of drug-likeness (QED) is 0.434. The number of nitrogen functional groups attached to an aromatic ring is 1. The fourth-order valence-corrected chi connectivity index (χ4v) is 3.37. The smallest absolute Gasteiger partial charge is 0.230 e. The van der Waals surface area contributed by atoms with Crippen molar-refractivity contribution in [2.75, 3.05) is 11.1 Å². The number of hydrogen-bond acceptors (Lipinski definition) is 8. The number of pyridine rings is 2. The molecule has 0 spiro atoms. The summed E-state index contributed by atoms with van der Waals surface area (Å²) in [6.07, 6.45) is 7.60. The second-order valence-corrected chi connectivity index (χ2v) is 7.68. The zero-order valence-electron chi connectivity index (χ0n) is 18.0. The first-order valence-corrected chi connectivity index (χ1v) is 10.1. The lowest BCUT2D eigenvalue weighted by molar-refractivity contribution is -0.115. The van der Waals surface area contributed by atoms with E-state index in [1.807, 2.05) is 24.5 Å². The minimum atomic E-state index is -0.320.